The van der Waals surface area contributed by atoms with Crippen molar-refractivity contribution in [3.05, 3.63) is 48.5 Å². The number of nitrogens with one attached hydrogen (secondary N) is 3. The minimum atomic E-state index is -0.156. The smallest absolute Gasteiger partial charge is 0.243 e. The van der Waals surface area contributed by atoms with Gasteiger partial charge in [0, 0.05) is 30.1 Å². The molecule has 0 fully saturated rings. The number of carbonyl (C=O) groups is 2. The monoisotopic (exact) mass is 355 g/mol. The molecule has 6 nitrogen and oxygen atoms in total. The highest BCUT2D eigenvalue weighted by atomic mass is 16.5. The molecule has 0 unspecified atom stereocenters. The summed E-state index contributed by atoms with van der Waals surface area (Å²) in [7, 11) is 0. The Balaban J connectivity index is 1.83. The summed E-state index contributed by atoms with van der Waals surface area (Å²) in [4.78, 5) is 23.1. The first-order chi connectivity index (χ1) is 12.4. The highest BCUT2D eigenvalue weighted by Gasteiger charge is 2.05. The first-order valence-corrected chi connectivity index (χ1v) is 8.56. The van der Waals surface area contributed by atoms with Crippen LogP contribution < -0.4 is 20.7 Å². The Labute approximate surface area is 153 Å². The molecule has 0 saturated heterocycles. The van der Waals surface area contributed by atoms with Gasteiger partial charge in [-0.1, -0.05) is 19.9 Å². The maximum Gasteiger partial charge on any atom is 0.243 e. The van der Waals surface area contributed by atoms with Gasteiger partial charge in [-0.3, -0.25) is 9.59 Å². The molecule has 0 atom stereocenters. The zero-order valence-electron chi connectivity index (χ0n) is 15.3. The topological polar surface area (TPSA) is 79.5 Å². The zero-order chi connectivity index (χ0) is 18.9. The fourth-order valence-electron chi connectivity index (χ4n) is 2.19. The Kier molecular flexibility index (Phi) is 7.02. The van der Waals surface area contributed by atoms with Crippen molar-refractivity contribution in [1.29, 1.82) is 0 Å². The van der Waals surface area contributed by atoms with Gasteiger partial charge in [-0.2, -0.15) is 0 Å². The van der Waals surface area contributed by atoms with E-state index in [2.05, 4.69) is 29.8 Å². The summed E-state index contributed by atoms with van der Waals surface area (Å²) in [6.45, 7) is 6.39. The molecule has 0 spiro atoms. The van der Waals surface area contributed by atoms with Gasteiger partial charge in [0.1, 0.15) is 5.75 Å². The van der Waals surface area contributed by atoms with E-state index < -0.39 is 0 Å². The molecule has 0 saturated carbocycles. The van der Waals surface area contributed by atoms with Crippen LogP contribution in [0.15, 0.2) is 48.5 Å². The molecular weight excluding hydrogens is 330 g/mol. The number of carbonyl (C=O) groups excluding carboxylic acids is 2. The van der Waals surface area contributed by atoms with E-state index in [4.69, 9.17) is 4.74 Å². The molecule has 0 aliphatic rings. The molecule has 0 bridgehead atoms. The third-order valence-corrected chi connectivity index (χ3v) is 3.36. The minimum absolute atomic E-state index is 0.121. The summed E-state index contributed by atoms with van der Waals surface area (Å²) in [5.74, 6) is 0.897. The van der Waals surface area contributed by atoms with Crippen LogP contribution >= 0.6 is 0 Å². The summed E-state index contributed by atoms with van der Waals surface area (Å²) in [5, 5.41) is 8.58. The van der Waals surface area contributed by atoms with Crippen LogP contribution in [-0.2, 0) is 9.59 Å². The van der Waals surface area contributed by atoms with Gasteiger partial charge in [0.05, 0.1) is 13.2 Å². The van der Waals surface area contributed by atoms with Crippen molar-refractivity contribution in [2.75, 3.05) is 29.1 Å². The lowest BCUT2D eigenvalue weighted by Gasteiger charge is -2.11. The van der Waals surface area contributed by atoms with Gasteiger partial charge >= 0.3 is 0 Å². The third kappa shape index (κ3) is 6.84. The number of anilines is 3. The van der Waals surface area contributed by atoms with E-state index in [9.17, 15) is 9.59 Å². The molecule has 0 aliphatic carbocycles. The van der Waals surface area contributed by atoms with Gasteiger partial charge in [-0.25, -0.2) is 0 Å². The lowest BCUT2D eigenvalue weighted by Crippen LogP contribution is -2.21. The fourth-order valence-corrected chi connectivity index (χ4v) is 2.19. The summed E-state index contributed by atoms with van der Waals surface area (Å²) >= 11 is 0. The van der Waals surface area contributed by atoms with E-state index in [-0.39, 0.29) is 18.4 Å². The summed E-state index contributed by atoms with van der Waals surface area (Å²) in [5.41, 5.74) is 2.20. The number of amides is 2. The largest absolute Gasteiger partial charge is 0.493 e. The third-order valence-electron chi connectivity index (χ3n) is 3.36. The van der Waals surface area contributed by atoms with Crippen LogP contribution in [0.1, 0.15) is 20.8 Å². The first kappa shape index (κ1) is 19.3. The van der Waals surface area contributed by atoms with E-state index in [0.29, 0.717) is 23.9 Å². The predicted octanol–water partition coefficient (Wildman–Crippen LogP) is 3.73. The fraction of sp³-hybridized carbons (Fsp3) is 0.300. The molecule has 0 aliphatic heterocycles. The molecule has 3 N–H and O–H groups in total. The van der Waals surface area contributed by atoms with Crippen LogP contribution in [0.2, 0.25) is 0 Å². The van der Waals surface area contributed by atoms with Crippen molar-refractivity contribution in [3.63, 3.8) is 0 Å². The highest BCUT2D eigenvalue weighted by Crippen LogP contribution is 2.18. The number of hydrogen-bond acceptors (Lipinski definition) is 4. The van der Waals surface area contributed by atoms with Crippen molar-refractivity contribution in [2.45, 2.75) is 20.8 Å². The maximum atomic E-state index is 12.1. The minimum Gasteiger partial charge on any atom is -0.493 e. The normalized spacial score (nSPS) is 10.3. The van der Waals surface area contributed by atoms with Crippen LogP contribution in [0.4, 0.5) is 17.1 Å². The van der Waals surface area contributed by atoms with Gasteiger partial charge < -0.3 is 20.7 Å². The number of rotatable bonds is 8. The summed E-state index contributed by atoms with van der Waals surface area (Å²) < 4.78 is 5.66. The molecule has 0 radical (unpaired) electrons. The van der Waals surface area contributed by atoms with Gasteiger partial charge in [0.25, 0.3) is 0 Å². The maximum absolute atomic E-state index is 12.1. The average Bonchev–Trinajstić information content (AvgIpc) is 2.59. The lowest BCUT2D eigenvalue weighted by molar-refractivity contribution is -0.115. The Morgan fingerprint density at radius 1 is 0.962 bits per heavy atom. The van der Waals surface area contributed by atoms with E-state index in [0.717, 1.165) is 11.4 Å². The van der Waals surface area contributed by atoms with Crippen LogP contribution in [-0.4, -0.2) is 25.0 Å². The quantitative estimate of drug-likeness (QED) is 0.674. The van der Waals surface area contributed by atoms with Crippen LogP contribution in [0, 0.1) is 5.92 Å². The second kappa shape index (κ2) is 9.46. The Hall–Kier alpha value is -3.02. The van der Waals surface area contributed by atoms with Crippen LogP contribution in [0.3, 0.4) is 0 Å². The second-order valence-electron chi connectivity index (χ2n) is 6.39. The molecule has 0 aromatic heterocycles. The SMILES string of the molecule is CC(=O)Nc1ccc(NCC(=O)Nc2cccc(OCC(C)C)c2)cc1. The average molecular weight is 355 g/mol. The molecule has 2 rings (SSSR count). The molecule has 2 aromatic rings. The van der Waals surface area contributed by atoms with Crippen molar-refractivity contribution < 1.29 is 14.3 Å². The van der Waals surface area contributed by atoms with Crippen molar-refractivity contribution >= 4 is 28.9 Å². The second-order valence-corrected chi connectivity index (χ2v) is 6.39. The molecule has 0 heterocycles. The van der Waals surface area contributed by atoms with E-state index in [1.807, 2.05) is 24.3 Å². The summed E-state index contributed by atoms with van der Waals surface area (Å²) in [6, 6.07) is 14.5. The van der Waals surface area contributed by atoms with Gasteiger partial charge in [-0.15, -0.1) is 0 Å². The number of ether oxygens (including phenoxy) is 1. The Morgan fingerprint density at radius 3 is 2.31 bits per heavy atom. The first-order valence-electron chi connectivity index (χ1n) is 8.56. The molecular formula is C20H25N3O3. The van der Waals surface area contributed by atoms with E-state index in [1.165, 1.54) is 6.92 Å². The number of hydrogen-bond donors (Lipinski definition) is 3. The van der Waals surface area contributed by atoms with Gasteiger partial charge in [0.2, 0.25) is 11.8 Å². The van der Waals surface area contributed by atoms with Crippen molar-refractivity contribution in [2.24, 2.45) is 5.92 Å². The lowest BCUT2D eigenvalue weighted by atomic mass is 10.2. The Bertz CT molecular complexity index is 742. The molecule has 138 valence electrons. The molecule has 26 heavy (non-hydrogen) atoms. The molecule has 6 heteroatoms. The molecule has 2 amide bonds. The van der Waals surface area contributed by atoms with E-state index in [1.54, 1.807) is 24.3 Å². The zero-order valence-corrected chi connectivity index (χ0v) is 15.3. The van der Waals surface area contributed by atoms with Crippen molar-refractivity contribution in [3.8, 4) is 5.75 Å². The molecule has 2 aromatic carbocycles. The van der Waals surface area contributed by atoms with Gasteiger partial charge in [0.15, 0.2) is 0 Å². The standard InChI is InChI=1S/C20H25N3O3/c1-14(2)13-26-19-6-4-5-18(11-19)23-20(25)12-21-16-7-9-17(10-8-16)22-15(3)24/h4-11,14,21H,12-13H2,1-3H3,(H,22,24)(H,23,25). The van der Waals surface area contributed by atoms with Gasteiger partial charge in [-0.05, 0) is 42.3 Å². The Morgan fingerprint density at radius 2 is 1.65 bits per heavy atom. The summed E-state index contributed by atoms with van der Waals surface area (Å²) in [6.07, 6.45) is 0. The highest BCUT2D eigenvalue weighted by molar-refractivity contribution is 5.94. The predicted molar refractivity (Wildman–Crippen MR) is 105 cm³/mol. The van der Waals surface area contributed by atoms with Crippen molar-refractivity contribution in [1.82, 2.24) is 0 Å². The van der Waals surface area contributed by atoms with Crippen LogP contribution in [0.25, 0.3) is 0 Å². The van der Waals surface area contributed by atoms with Crippen LogP contribution in [0.5, 0.6) is 5.75 Å². The van der Waals surface area contributed by atoms with E-state index >= 15 is 0 Å². The number of benzene rings is 2.